The molecule has 0 bridgehead atoms. The van der Waals surface area contributed by atoms with E-state index in [1.165, 1.54) is 0 Å². The second-order valence-corrected chi connectivity index (χ2v) is 3.20. The van der Waals surface area contributed by atoms with Gasteiger partial charge in [0, 0.05) is 12.6 Å². The monoisotopic (exact) mass is 200 g/mol. The van der Waals surface area contributed by atoms with Gasteiger partial charge in [0.1, 0.15) is 5.75 Å². The normalized spacial score (nSPS) is 11.0. The fourth-order valence-electron chi connectivity index (χ4n) is 1.55. The quantitative estimate of drug-likeness (QED) is 0.576. The molecule has 0 aliphatic heterocycles. The summed E-state index contributed by atoms with van der Waals surface area (Å²) in [5.41, 5.74) is 3.40. The lowest BCUT2D eigenvalue weighted by atomic mass is 10.0. The molecule has 0 atom stereocenters. The first-order valence-electron chi connectivity index (χ1n) is 4.73. The maximum atomic E-state index is 9.72. The number of aromatic hydroxyl groups is 1. The van der Waals surface area contributed by atoms with Gasteiger partial charge in [-0.2, -0.15) is 5.10 Å². The lowest BCUT2D eigenvalue weighted by Gasteiger charge is -2.04. The fraction of sp³-hybridized carbons (Fsp3) is 0.0833. The van der Waals surface area contributed by atoms with Gasteiger partial charge in [0.15, 0.2) is 0 Å². The third-order valence-corrected chi connectivity index (χ3v) is 2.27. The van der Waals surface area contributed by atoms with Crippen molar-refractivity contribution in [2.75, 3.05) is 7.05 Å². The van der Waals surface area contributed by atoms with Crippen molar-refractivity contribution in [1.82, 2.24) is 5.43 Å². The highest BCUT2D eigenvalue weighted by Gasteiger charge is 2.03. The number of benzene rings is 2. The van der Waals surface area contributed by atoms with Crippen LogP contribution >= 0.6 is 0 Å². The van der Waals surface area contributed by atoms with E-state index >= 15 is 0 Å². The third kappa shape index (κ3) is 1.76. The molecular formula is C12H12N2O. The number of fused-ring (bicyclic) bond motifs is 1. The van der Waals surface area contributed by atoms with Crippen molar-refractivity contribution >= 4 is 17.0 Å². The molecule has 15 heavy (non-hydrogen) atoms. The van der Waals surface area contributed by atoms with Crippen LogP contribution in [0.5, 0.6) is 5.75 Å². The molecule has 2 N–H and O–H groups in total. The lowest BCUT2D eigenvalue weighted by Crippen LogP contribution is -1.95. The number of hydrogen-bond acceptors (Lipinski definition) is 3. The summed E-state index contributed by atoms with van der Waals surface area (Å²) in [4.78, 5) is 0. The Hall–Kier alpha value is -2.03. The van der Waals surface area contributed by atoms with Gasteiger partial charge < -0.3 is 10.5 Å². The SMILES string of the molecule is CNN=Cc1c(O)ccc2ccccc12. The summed E-state index contributed by atoms with van der Waals surface area (Å²) in [6, 6.07) is 11.5. The van der Waals surface area contributed by atoms with Crippen LogP contribution < -0.4 is 5.43 Å². The van der Waals surface area contributed by atoms with Gasteiger partial charge in [-0.3, -0.25) is 0 Å². The zero-order valence-electron chi connectivity index (χ0n) is 8.44. The molecule has 0 radical (unpaired) electrons. The standard InChI is InChI=1S/C12H12N2O/c1-13-14-8-11-10-5-3-2-4-9(10)6-7-12(11)15/h2-8,13,15H,1H3. The minimum Gasteiger partial charge on any atom is -0.507 e. The van der Waals surface area contributed by atoms with Crippen LogP contribution in [0.4, 0.5) is 0 Å². The first kappa shape index (κ1) is 9.52. The van der Waals surface area contributed by atoms with Crippen molar-refractivity contribution in [3.63, 3.8) is 0 Å². The molecule has 0 saturated carbocycles. The number of rotatable bonds is 2. The van der Waals surface area contributed by atoms with Crippen molar-refractivity contribution in [3.8, 4) is 5.75 Å². The fourth-order valence-corrected chi connectivity index (χ4v) is 1.55. The van der Waals surface area contributed by atoms with Gasteiger partial charge in [0.2, 0.25) is 0 Å². The number of nitrogens with zero attached hydrogens (tertiary/aromatic N) is 1. The van der Waals surface area contributed by atoms with E-state index in [4.69, 9.17) is 0 Å². The van der Waals surface area contributed by atoms with Crippen molar-refractivity contribution in [2.24, 2.45) is 5.10 Å². The smallest absolute Gasteiger partial charge is 0.125 e. The molecule has 2 aromatic carbocycles. The summed E-state index contributed by atoms with van der Waals surface area (Å²) in [6.07, 6.45) is 1.62. The van der Waals surface area contributed by atoms with Gasteiger partial charge in [0.25, 0.3) is 0 Å². The maximum Gasteiger partial charge on any atom is 0.125 e. The summed E-state index contributed by atoms with van der Waals surface area (Å²) in [7, 11) is 1.72. The first-order chi connectivity index (χ1) is 7.33. The van der Waals surface area contributed by atoms with Crippen molar-refractivity contribution in [2.45, 2.75) is 0 Å². The predicted molar refractivity (Wildman–Crippen MR) is 62.3 cm³/mol. The minimum absolute atomic E-state index is 0.243. The molecule has 2 rings (SSSR count). The van der Waals surface area contributed by atoms with Gasteiger partial charge in [-0.05, 0) is 16.8 Å². The Morgan fingerprint density at radius 1 is 1.20 bits per heavy atom. The van der Waals surface area contributed by atoms with Crippen LogP contribution in [0.3, 0.4) is 0 Å². The van der Waals surface area contributed by atoms with E-state index < -0.39 is 0 Å². The Morgan fingerprint density at radius 2 is 2.00 bits per heavy atom. The number of phenolic OH excluding ortho intramolecular Hbond substituents is 1. The van der Waals surface area contributed by atoms with E-state index in [-0.39, 0.29) is 5.75 Å². The van der Waals surface area contributed by atoms with Crippen LogP contribution in [-0.4, -0.2) is 18.4 Å². The summed E-state index contributed by atoms with van der Waals surface area (Å²) >= 11 is 0. The van der Waals surface area contributed by atoms with Crippen LogP contribution in [0.25, 0.3) is 10.8 Å². The average molecular weight is 200 g/mol. The Morgan fingerprint density at radius 3 is 2.80 bits per heavy atom. The largest absolute Gasteiger partial charge is 0.507 e. The molecule has 0 saturated heterocycles. The first-order valence-corrected chi connectivity index (χ1v) is 4.73. The summed E-state index contributed by atoms with van der Waals surface area (Å²) in [5, 5.41) is 15.7. The van der Waals surface area contributed by atoms with Crippen LogP contribution in [-0.2, 0) is 0 Å². The molecule has 3 nitrogen and oxygen atoms in total. The number of hydrogen-bond donors (Lipinski definition) is 2. The molecule has 0 aromatic heterocycles. The number of nitrogens with one attached hydrogen (secondary N) is 1. The molecule has 0 fully saturated rings. The van der Waals surface area contributed by atoms with E-state index in [1.807, 2.05) is 30.3 Å². The molecule has 3 heteroatoms. The molecule has 0 heterocycles. The van der Waals surface area contributed by atoms with Crippen molar-refractivity contribution < 1.29 is 5.11 Å². The molecule has 0 aliphatic carbocycles. The maximum absolute atomic E-state index is 9.72. The predicted octanol–water partition coefficient (Wildman–Crippen LogP) is 2.10. The second kappa shape index (κ2) is 4.00. The van der Waals surface area contributed by atoms with Crippen LogP contribution in [0, 0.1) is 0 Å². The third-order valence-electron chi connectivity index (χ3n) is 2.27. The van der Waals surface area contributed by atoms with Crippen molar-refractivity contribution in [3.05, 3.63) is 42.0 Å². The van der Waals surface area contributed by atoms with Gasteiger partial charge in [-0.15, -0.1) is 0 Å². The Balaban J connectivity index is 2.68. The van der Waals surface area contributed by atoms with Gasteiger partial charge in [0.05, 0.1) is 6.21 Å². The zero-order valence-corrected chi connectivity index (χ0v) is 8.44. The van der Waals surface area contributed by atoms with E-state index in [0.29, 0.717) is 0 Å². The Kier molecular flexibility index (Phi) is 2.54. The zero-order chi connectivity index (χ0) is 10.7. The van der Waals surface area contributed by atoms with Gasteiger partial charge in [-0.1, -0.05) is 30.3 Å². The number of phenols is 1. The highest BCUT2D eigenvalue weighted by atomic mass is 16.3. The minimum atomic E-state index is 0.243. The molecule has 0 unspecified atom stereocenters. The van der Waals surface area contributed by atoms with E-state index in [0.717, 1.165) is 16.3 Å². The summed E-state index contributed by atoms with van der Waals surface area (Å²) in [6.45, 7) is 0. The topological polar surface area (TPSA) is 44.6 Å². The molecule has 0 amide bonds. The summed E-state index contributed by atoms with van der Waals surface area (Å²) in [5.74, 6) is 0.243. The lowest BCUT2D eigenvalue weighted by molar-refractivity contribution is 0.475. The van der Waals surface area contributed by atoms with E-state index in [1.54, 1.807) is 19.3 Å². The highest BCUT2D eigenvalue weighted by Crippen LogP contribution is 2.25. The highest BCUT2D eigenvalue weighted by molar-refractivity contribution is 6.02. The van der Waals surface area contributed by atoms with Gasteiger partial charge >= 0.3 is 0 Å². The van der Waals surface area contributed by atoms with Crippen LogP contribution in [0.2, 0.25) is 0 Å². The number of hydrazone groups is 1. The molecule has 2 aromatic rings. The van der Waals surface area contributed by atoms with E-state index in [9.17, 15) is 5.11 Å². The molecule has 0 aliphatic rings. The summed E-state index contributed by atoms with van der Waals surface area (Å²) < 4.78 is 0. The van der Waals surface area contributed by atoms with Crippen LogP contribution in [0.1, 0.15) is 5.56 Å². The average Bonchev–Trinajstić information content (AvgIpc) is 2.28. The molecule has 0 spiro atoms. The van der Waals surface area contributed by atoms with E-state index in [2.05, 4.69) is 10.5 Å². The Bertz CT molecular complexity index is 506. The molecule has 76 valence electrons. The van der Waals surface area contributed by atoms with Crippen LogP contribution in [0.15, 0.2) is 41.5 Å². The Labute approximate surface area is 88.1 Å². The van der Waals surface area contributed by atoms with Crippen molar-refractivity contribution in [1.29, 1.82) is 0 Å². The van der Waals surface area contributed by atoms with Gasteiger partial charge in [-0.25, -0.2) is 0 Å². The second-order valence-electron chi connectivity index (χ2n) is 3.20. The molecular weight excluding hydrogens is 188 g/mol.